The lowest BCUT2D eigenvalue weighted by Gasteiger charge is -2.46. The summed E-state index contributed by atoms with van der Waals surface area (Å²) in [5.74, 6) is -0.718. The number of halogens is 4. The second kappa shape index (κ2) is 10.7. The minimum Gasteiger partial charge on any atom is -0.352 e. The lowest BCUT2D eigenvalue weighted by atomic mass is 9.67. The Hall–Kier alpha value is -2.71. The van der Waals surface area contributed by atoms with Gasteiger partial charge in [-0.15, -0.1) is 0 Å². The van der Waals surface area contributed by atoms with Crippen molar-refractivity contribution in [3.05, 3.63) is 76.6 Å². The van der Waals surface area contributed by atoms with Crippen molar-refractivity contribution < 1.29 is 22.4 Å². The summed E-state index contributed by atoms with van der Waals surface area (Å²) in [5, 5.41) is 2.84. The maximum absolute atomic E-state index is 13.9. The van der Waals surface area contributed by atoms with Crippen molar-refractivity contribution in [2.45, 2.75) is 69.6 Å². The van der Waals surface area contributed by atoms with Crippen molar-refractivity contribution in [1.82, 2.24) is 10.2 Å². The number of likely N-dealkylation sites (tertiary alicyclic amines) is 1. The minimum atomic E-state index is -4.65. The van der Waals surface area contributed by atoms with Gasteiger partial charge in [0.2, 0.25) is 5.91 Å². The molecule has 1 aliphatic heterocycles. The van der Waals surface area contributed by atoms with Crippen LogP contribution in [0.1, 0.15) is 67.7 Å². The van der Waals surface area contributed by atoms with E-state index in [0.29, 0.717) is 44.2 Å². The van der Waals surface area contributed by atoms with E-state index in [2.05, 4.69) is 53.6 Å². The van der Waals surface area contributed by atoms with Crippen LogP contribution in [0.15, 0.2) is 48.5 Å². The Kier molecular flexibility index (Phi) is 7.63. The Morgan fingerprint density at radius 1 is 1.18 bits per heavy atom. The van der Waals surface area contributed by atoms with Crippen LogP contribution in [-0.4, -0.2) is 36.5 Å². The van der Waals surface area contributed by atoms with Gasteiger partial charge in [0.15, 0.2) is 0 Å². The number of fused-ring (bicyclic) bond motifs is 2. The molecule has 0 bridgehead atoms. The quantitative estimate of drug-likeness (QED) is 0.419. The number of piperidine rings is 1. The zero-order valence-corrected chi connectivity index (χ0v) is 22.4. The van der Waals surface area contributed by atoms with Crippen molar-refractivity contribution >= 4 is 12.0 Å². The standard InChI is InChI=1S/C31H37F4N3O/c1-21-20-38(14-12-30(21)11-7-23-5-2-3-6-27(23)30)26-8-10-29(18-26,9-4-13-36)28(39)37-19-22-15-24(31(33,34)35)17-25(32)16-22/h2-3,5-7,11,15-17,21,26H,4,8-10,12-14,18-20,36H2,1H3,(H,37,39)/t21-,26?,29?,30-/m0/s1. The topological polar surface area (TPSA) is 58.4 Å². The first-order chi connectivity index (χ1) is 18.6. The number of benzene rings is 2. The molecular formula is C31H37F4N3O. The fourth-order valence-corrected chi connectivity index (χ4v) is 7.24. The molecule has 4 nitrogen and oxygen atoms in total. The number of hydrogen-bond acceptors (Lipinski definition) is 3. The van der Waals surface area contributed by atoms with Gasteiger partial charge in [-0.3, -0.25) is 9.69 Å². The third-order valence-electron chi connectivity index (χ3n) is 9.40. The number of nitrogens with two attached hydrogens (primary N) is 1. The van der Waals surface area contributed by atoms with Crippen molar-refractivity contribution in [3.63, 3.8) is 0 Å². The van der Waals surface area contributed by atoms with E-state index in [4.69, 9.17) is 5.73 Å². The molecule has 2 aromatic rings. The SMILES string of the molecule is C[C@H]1CN(C2CCC(CCCN)(C(=O)NCc3cc(F)cc(C(F)(F)F)c3)C2)CC[C@@]12C=Cc1ccccc12. The van der Waals surface area contributed by atoms with Gasteiger partial charge in [0.25, 0.3) is 0 Å². The maximum Gasteiger partial charge on any atom is 0.416 e. The first-order valence-electron chi connectivity index (χ1n) is 13.9. The summed E-state index contributed by atoms with van der Waals surface area (Å²) in [6.45, 7) is 4.53. The predicted molar refractivity (Wildman–Crippen MR) is 144 cm³/mol. The third kappa shape index (κ3) is 5.38. The van der Waals surface area contributed by atoms with Crippen LogP contribution in [0.25, 0.3) is 6.08 Å². The van der Waals surface area contributed by atoms with Crippen LogP contribution in [-0.2, 0) is 22.9 Å². The highest BCUT2D eigenvalue weighted by Crippen LogP contribution is 2.50. The Bertz CT molecular complexity index is 1240. The summed E-state index contributed by atoms with van der Waals surface area (Å²) in [6.07, 6.45) is 4.62. The van der Waals surface area contributed by atoms with Gasteiger partial charge in [-0.2, -0.15) is 13.2 Å². The maximum atomic E-state index is 13.9. The van der Waals surface area contributed by atoms with Crippen molar-refractivity contribution in [1.29, 1.82) is 0 Å². The lowest BCUT2D eigenvalue weighted by Crippen LogP contribution is -2.51. The Morgan fingerprint density at radius 3 is 2.72 bits per heavy atom. The van der Waals surface area contributed by atoms with E-state index in [-0.39, 0.29) is 29.5 Å². The molecule has 2 aromatic carbocycles. The Morgan fingerprint density at radius 2 is 1.97 bits per heavy atom. The first kappa shape index (κ1) is 27.8. The fourth-order valence-electron chi connectivity index (χ4n) is 7.24. The minimum absolute atomic E-state index is 0.0555. The predicted octanol–water partition coefficient (Wildman–Crippen LogP) is 6.05. The highest BCUT2D eigenvalue weighted by atomic mass is 19.4. The molecule has 4 atom stereocenters. The summed E-state index contributed by atoms with van der Waals surface area (Å²) in [7, 11) is 0. The highest BCUT2D eigenvalue weighted by Gasteiger charge is 2.49. The molecule has 3 N–H and O–H groups in total. The molecule has 0 radical (unpaired) electrons. The van der Waals surface area contributed by atoms with Crippen LogP contribution in [0.2, 0.25) is 0 Å². The van der Waals surface area contributed by atoms with Crippen molar-refractivity contribution in [2.24, 2.45) is 17.1 Å². The van der Waals surface area contributed by atoms with Gasteiger partial charge in [0, 0.05) is 24.5 Å². The number of amides is 1. The van der Waals surface area contributed by atoms with Crippen LogP contribution in [0.5, 0.6) is 0 Å². The van der Waals surface area contributed by atoms with Gasteiger partial charge in [0.1, 0.15) is 5.82 Å². The smallest absolute Gasteiger partial charge is 0.352 e. The van der Waals surface area contributed by atoms with Crippen LogP contribution in [0.3, 0.4) is 0 Å². The number of nitrogens with one attached hydrogen (secondary N) is 1. The molecule has 1 saturated carbocycles. The molecule has 2 unspecified atom stereocenters. The molecule has 1 amide bonds. The van der Waals surface area contributed by atoms with Gasteiger partial charge in [0.05, 0.1) is 11.0 Å². The van der Waals surface area contributed by atoms with Gasteiger partial charge in [-0.1, -0.05) is 43.3 Å². The van der Waals surface area contributed by atoms with Gasteiger partial charge < -0.3 is 11.1 Å². The average molecular weight is 544 g/mol. The normalized spacial score (nSPS) is 28.7. The van der Waals surface area contributed by atoms with E-state index in [1.54, 1.807) is 0 Å². The van der Waals surface area contributed by atoms with Gasteiger partial charge in [-0.05, 0) is 92.4 Å². The molecule has 210 valence electrons. The zero-order valence-electron chi connectivity index (χ0n) is 22.4. The molecular weight excluding hydrogens is 506 g/mol. The number of carbonyl (C=O) groups is 1. The number of alkyl halides is 3. The molecule has 0 aromatic heterocycles. The molecule has 3 aliphatic rings. The molecule has 39 heavy (non-hydrogen) atoms. The van der Waals surface area contributed by atoms with Gasteiger partial charge >= 0.3 is 6.18 Å². The average Bonchev–Trinajstić information content (AvgIpc) is 3.51. The molecule has 2 fully saturated rings. The summed E-state index contributed by atoms with van der Waals surface area (Å²) in [6, 6.07) is 11.3. The Balaban J connectivity index is 1.26. The Labute approximate surface area is 227 Å². The van der Waals surface area contributed by atoms with E-state index in [9.17, 15) is 22.4 Å². The van der Waals surface area contributed by atoms with E-state index in [1.165, 1.54) is 11.1 Å². The molecule has 2 aliphatic carbocycles. The van der Waals surface area contributed by atoms with E-state index in [0.717, 1.165) is 38.1 Å². The largest absolute Gasteiger partial charge is 0.416 e. The van der Waals surface area contributed by atoms with Crippen LogP contribution < -0.4 is 11.1 Å². The summed E-state index contributed by atoms with van der Waals surface area (Å²) >= 11 is 0. The lowest BCUT2D eigenvalue weighted by molar-refractivity contribution is -0.137. The second-order valence-corrected chi connectivity index (χ2v) is 11.7. The van der Waals surface area contributed by atoms with Crippen molar-refractivity contribution in [3.8, 4) is 0 Å². The molecule has 1 saturated heterocycles. The summed E-state index contributed by atoms with van der Waals surface area (Å²) in [5.41, 5.74) is 7.00. The molecule has 1 spiro atoms. The zero-order chi connectivity index (χ0) is 27.8. The number of hydrogen-bond donors (Lipinski definition) is 2. The molecule has 5 rings (SSSR count). The number of rotatable bonds is 7. The van der Waals surface area contributed by atoms with Crippen LogP contribution in [0.4, 0.5) is 17.6 Å². The summed E-state index contributed by atoms with van der Waals surface area (Å²) < 4.78 is 53.3. The van der Waals surface area contributed by atoms with Crippen LogP contribution >= 0.6 is 0 Å². The fraction of sp³-hybridized carbons (Fsp3) is 0.516. The van der Waals surface area contributed by atoms with E-state index < -0.39 is 23.0 Å². The number of allylic oxidation sites excluding steroid dienone is 1. The summed E-state index contributed by atoms with van der Waals surface area (Å²) in [4.78, 5) is 16.1. The molecule has 8 heteroatoms. The highest BCUT2D eigenvalue weighted by molar-refractivity contribution is 5.83. The number of nitrogens with zero attached hydrogens (tertiary/aromatic N) is 1. The monoisotopic (exact) mass is 543 g/mol. The van der Waals surface area contributed by atoms with Crippen LogP contribution in [0, 0.1) is 17.2 Å². The second-order valence-electron chi connectivity index (χ2n) is 11.7. The third-order valence-corrected chi connectivity index (χ3v) is 9.40. The molecule has 1 heterocycles. The van der Waals surface area contributed by atoms with Gasteiger partial charge in [-0.25, -0.2) is 4.39 Å². The van der Waals surface area contributed by atoms with E-state index >= 15 is 0 Å². The van der Waals surface area contributed by atoms with Crippen molar-refractivity contribution in [2.75, 3.05) is 19.6 Å². The number of carbonyl (C=O) groups excluding carboxylic acids is 1. The first-order valence-corrected chi connectivity index (χ1v) is 13.9. The van der Waals surface area contributed by atoms with E-state index in [1.807, 2.05) is 0 Å².